The number of aryl methyl sites for hydroxylation is 1. The molecule has 0 aliphatic heterocycles. The molecule has 3 heteroatoms. The van der Waals surface area contributed by atoms with E-state index in [1.165, 1.54) is 17.7 Å². The standard InChI is InChI=1S/C18H21ClFN/c1-2-12-21-18(14-6-4-3-5-7-14)11-8-15-13-16(20)9-10-17(15)19/h3-7,9-10,13,18,21H,2,8,11-12H2,1H3. The molecule has 1 N–H and O–H groups in total. The molecular weight excluding hydrogens is 285 g/mol. The molecule has 0 spiro atoms. The van der Waals surface area contributed by atoms with Crippen molar-refractivity contribution in [1.29, 1.82) is 0 Å². The molecule has 1 unspecified atom stereocenters. The van der Waals surface area contributed by atoms with Crippen LogP contribution in [0.15, 0.2) is 48.5 Å². The first-order valence-corrected chi connectivity index (χ1v) is 7.80. The molecule has 1 atom stereocenters. The minimum atomic E-state index is -0.229. The Bertz CT molecular complexity index is 556. The van der Waals surface area contributed by atoms with Gasteiger partial charge in [0.25, 0.3) is 0 Å². The molecule has 0 aliphatic carbocycles. The van der Waals surface area contributed by atoms with E-state index in [1.807, 2.05) is 18.2 Å². The van der Waals surface area contributed by atoms with E-state index in [2.05, 4.69) is 24.4 Å². The predicted molar refractivity (Wildman–Crippen MR) is 87.2 cm³/mol. The van der Waals surface area contributed by atoms with Crippen LogP contribution in [-0.4, -0.2) is 6.54 Å². The largest absolute Gasteiger partial charge is 0.310 e. The highest BCUT2D eigenvalue weighted by Gasteiger charge is 2.12. The zero-order chi connectivity index (χ0) is 15.1. The Morgan fingerprint density at radius 3 is 2.62 bits per heavy atom. The number of hydrogen-bond acceptors (Lipinski definition) is 1. The van der Waals surface area contributed by atoms with Crippen molar-refractivity contribution in [1.82, 2.24) is 5.32 Å². The lowest BCUT2D eigenvalue weighted by Gasteiger charge is -2.19. The lowest BCUT2D eigenvalue weighted by atomic mass is 9.98. The molecule has 21 heavy (non-hydrogen) atoms. The van der Waals surface area contributed by atoms with Crippen LogP contribution in [0.25, 0.3) is 0 Å². The van der Waals surface area contributed by atoms with Crippen molar-refractivity contribution in [2.75, 3.05) is 6.54 Å². The van der Waals surface area contributed by atoms with Gasteiger partial charge in [0.1, 0.15) is 5.82 Å². The summed E-state index contributed by atoms with van der Waals surface area (Å²) in [7, 11) is 0. The summed E-state index contributed by atoms with van der Waals surface area (Å²) in [6.07, 6.45) is 2.74. The molecule has 0 aliphatic rings. The van der Waals surface area contributed by atoms with Gasteiger partial charge in [0.2, 0.25) is 0 Å². The van der Waals surface area contributed by atoms with Crippen LogP contribution in [-0.2, 0) is 6.42 Å². The molecule has 0 amide bonds. The van der Waals surface area contributed by atoms with Gasteiger partial charge in [0, 0.05) is 11.1 Å². The van der Waals surface area contributed by atoms with Crippen LogP contribution >= 0.6 is 11.6 Å². The quantitative estimate of drug-likeness (QED) is 0.745. The minimum absolute atomic E-state index is 0.229. The molecule has 0 aromatic heterocycles. The van der Waals surface area contributed by atoms with Gasteiger partial charge < -0.3 is 5.32 Å². The second-order valence-corrected chi connectivity index (χ2v) is 5.60. The van der Waals surface area contributed by atoms with E-state index < -0.39 is 0 Å². The van der Waals surface area contributed by atoms with E-state index in [-0.39, 0.29) is 11.9 Å². The Morgan fingerprint density at radius 2 is 1.90 bits per heavy atom. The monoisotopic (exact) mass is 305 g/mol. The molecule has 0 heterocycles. The summed E-state index contributed by atoms with van der Waals surface area (Å²) in [6.45, 7) is 3.12. The van der Waals surface area contributed by atoms with E-state index in [0.29, 0.717) is 5.02 Å². The maximum atomic E-state index is 13.3. The van der Waals surface area contributed by atoms with Crippen molar-refractivity contribution in [3.8, 4) is 0 Å². The van der Waals surface area contributed by atoms with Crippen LogP contribution in [0.4, 0.5) is 4.39 Å². The van der Waals surface area contributed by atoms with Crippen molar-refractivity contribution >= 4 is 11.6 Å². The molecule has 1 nitrogen and oxygen atoms in total. The molecule has 2 rings (SSSR count). The van der Waals surface area contributed by atoms with E-state index in [1.54, 1.807) is 6.07 Å². The number of nitrogens with one attached hydrogen (secondary N) is 1. The highest BCUT2D eigenvalue weighted by atomic mass is 35.5. The molecule has 0 radical (unpaired) electrons. The fourth-order valence-electron chi connectivity index (χ4n) is 2.43. The van der Waals surface area contributed by atoms with Gasteiger partial charge in [-0.3, -0.25) is 0 Å². The van der Waals surface area contributed by atoms with Gasteiger partial charge in [-0.1, -0.05) is 48.9 Å². The van der Waals surface area contributed by atoms with Crippen LogP contribution in [0.1, 0.15) is 36.9 Å². The topological polar surface area (TPSA) is 12.0 Å². The van der Waals surface area contributed by atoms with Crippen molar-refractivity contribution < 1.29 is 4.39 Å². The zero-order valence-corrected chi connectivity index (χ0v) is 13.0. The Balaban J connectivity index is 2.07. The average Bonchev–Trinajstić information content (AvgIpc) is 2.51. The van der Waals surface area contributed by atoms with Gasteiger partial charge in [-0.15, -0.1) is 0 Å². The highest BCUT2D eigenvalue weighted by molar-refractivity contribution is 6.31. The van der Waals surface area contributed by atoms with Crippen LogP contribution in [0.3, 0.4) is 0 Å². The Hall–Kier alpha value is -1.38. The van der Waals surface area contributed by atoms with Crippen molar-refractivity contribution in [2.24, 2.45) is 0 Å². The van der Waals surface area contributed by atoms with Gasteiger partial charge in [-0.2, -0.15) is 0 Å². The van der Waals surface area contributed by atoms with E-state index in [4.69, 9.17) is 11.6 Å². The lowest BCUT2D eigenvalue weighted by Crippen LogP contribution is -2.22. The zero-order valence-electron chi connectivity index (χ0n) is 12.3. The summed E-state index contributed by atoms with van der Waals surface area (Å²) in [5.41, 5.74) is 2.13. The second kappa shape index (κ2) is 8.16. The van der Waals surface area contributed by atoms with Gasteiger partial charge in [-0.25, -0.2) is 4.39 Å². The smallest absolute Gasteiger partial charge is 0.123 e. The minimum Gasteiger partial charge on any atom is -0.310 e. The molecule has 2 aromatic rings. The molecule has 0 saturated carbocycles. The third-order valence-electron chi connectivity index (χ3n) is 3.55. The maximum absolute atomic E-state index is 13.3. The second-order valence-electron chi connectivity index (χ2n) is 5.19. The first kappa shape index (κ1) is 16.0. The van der Waals surface area contributed by atoms with Crippen molar-refractivity contribution in [3.05, 3.63) is 70.5 Å². The summed E-state index contributed by atoms with van der Waals surface area (Å²) in [4.78, 5) is 0. The number of hydrogen-bond donors (Lipinski definition) is 1. The molecule has 112 valence electrons. The van der Waals surface area contributed by atoms with Gasteiger partial charge in [0.15, 0.2) is 0 Å². The summed E-state index contributed by atoms with van der Waals surface area (Å²) in [5, 5.41) is 4.19. The first-order valence-electron chi connectivity index (χ1n) is 7.43. The Kier molecular flexibility index (Phi) is 6.21. The summed E-state index contributed by atoms with van der Waals surface area (Å²) in [5.74, 6) is -0.229. The number of benzene rings is 2. The highest BCUT2D eigenvalue weighted by Crippen LogP contribution is 2.23. The molecule has 0 fully saturated rings. The number of rotatable bonds is 7. The van der Waals surface area contributed by atoms with Gasteiger partial charge >= 0.3 is 0 Å². The third-order valence-corrected chi connectivity index (χ3v) is 3.92. The van der Waals surface area contributed by atoms with Crippen molar-refractivity contribution in [2.45, 2.75) is 32.2 Å². The van der Waals surface area contributed by atoms with Crippen LogP contribution in [0.5, 0.6) is 0 Å². The fourth-order valence-corrected chi connectivity index (χ4v) is 2.64. The molecule has 0 bridgehead atoms. The summed E-state index contributed by atoms with van der Waals surface area (Å²) >= 11 is 6.14. The molecule has 2 aromatic carbocycles. The third kappa shape index (κ3) is 4.83. The predicted octanol–water partition coefficient (Wildman–Crippen LogP) is 5.15. The van der Waals surface area contributed by atoms with Crippen molar-refractivity contribution in [3.63, 3.8) is 0 Å². The molecule has 0 saturated heterocycles. The van der Waals surface area contributed by atoms with Crippen LogP contribution < -0.4 is 5.32 Å². The number of halogens is 2. The van der Waals surface area contributed by atoms with Gasteiger partial charge in [0.05, 0.1) is 0 Å². The Labute approximate surface area is 131 Å². The van der Waals surface area contributed by atoms with E-state index >= 15 is 0 Å². The Morgan fingerprint density at radius 1 is 1.14 bits per heavy atom. The molecular formula is C18H21ClFN. The fraction of sp³-hybridized carbons (Fsp3) is 0.333. The van der Waals surface area contributed by atoms with E-state index in [0.717, 1.165) is 31.4 Å². The average molecular weight is 306 g/mol. The maximum Gasteiger partial charge on any atom is 0.123 e. The van der Waals surface area contributed by atoms with Crippen LogP contribution in [0.2, 0.25) is 5.02 Å². The van der Waals surface area contributed by atoms with Crippen LogP contribution in [0, 0.1) is 5.82 Å². The van der Waals surface area contributed by atoms with Gasteiger partial charge in [-0.05, 0) is 55.1 Å². The van der Waals surface area contributed by atoms with E-state index in [9.17, 15) is 4.39 Å². The SMILES string of the molecule is CCCNC(CCc1cc(F)ccc1Cl)c1ccccc1. The summed E-state index contributed by atoms with van der Waals surface area (Å²) in [6, 6.07) is 15.2. The summed E-state index contributed by atoms with van der Waals surface area (Å²) < 4.78 is 13.3. The lowest BCUT2D eigenvalue weighted by molar-refractivity contribution is 0.498. The normalized spacial score (nSPS) is 12.3. The first-order chi connectivity index (χ1) is 10.2.